The molecule has 1 amide bonds. The molecule has 28 heavy (non-hydrogen) atoms. The van der Waals surface area contributed by atoms with Gasteiger partial charge in [-0.2, -0.15) is 0 Å². The van der Waals surface area contributed by atoms with E-state index in [4.69, 9.17) is 0 Å². The topological polar surface area (TPSA) is 123 Å². The van der Waals surface area contributed by atoms with Crippen LogP contribution >= 0.6 is 0 Å². The summed E-state index contributed by atoms with van der Waals surface area (Å²) in [6.45, 7) is 1.38. The Hall–Kier alpha value is -2.85. The Kier molecular flexibility index (Phi) is 6.00. The number of carbonyl (C=O) groups excluding carboxylic acids is 1. The number of hydrogen-bond acceptors (Lipinski definition) is 6. The summed E-state index contributed by atoms with van der Waals surface area (Å²) in [6.07, 6.45) is 4.54. The summed E-state index contributed by atoms with van der Waals surface area (Å²) in [7, 11) is -3.74. The van der Waals surface area contributed by atoms with Gasteiger partial charge in [-0.05, 0) is 43.0 Å². The molecule has 2 aromatic rings. The zero-order valence-electron chi connectivity index (χ0n) is 15.0. The normalized spacial score (nSPS) is 15.4. The fourth-order valence-electron chi connectivity index (χ4n) is 3.08. The molecule has 0 saturated carbocycles. The zero-order valence-corrected chi connectivity index (χ0v) is 15.8. The number of nitro groups is 1. The van der Waals surface area contributed by atoms with Gasteiger partial charge < -0.3 is 4.90 Å². The summed E-state index contributed by atoms with van der Waals surface area (Å²) in [6, 6.07) is 8.11. The first kappa shape index (κ1) is 19.9. The number of likely N-dealkylation sites (tertiary alicyclic amines) is 1. The van der Waals surface area contributed by atoms with Crippen molar-refractivity contribution in [2.45, 2.75) is 17.7 Å². The summed E-state index contributed by atoms with van der Waals surface area (Å²) in [5, 5.41) is 10.7. The van der Waals surface area contributed by atoms with Crippen molar-refractivity contribution in [2.24, 2.45) is 5.92 Å². The Morgan fingerprint density at radius 1 is 1.14 bits per heavy atom. The molecule has 9 nitrogen and oxygen atoms in total. The summed E-state index contributed by atoms with van der Waals surface area (Å²) in [5.74, 6) is 0.0709. The number of carbonyl (C=O) groups is 1. The van der Waals surface area contributed by atoms with Crippen LogP contribution in [0.1, 0.15) is 23.2 Å². The molecule has 1 fully saturated rings. The van der Waals surface area contributed by atoms with Crippen LogP contribution in [0.5, 0.6) is 0 Å². The fraction of sp³-hybridized carbons (Fsp3) is 0.333. The lowest BCUT2D eigenvalue weighted by Crippen LogP contribution is -2.41. The number of nitro benzene ring substituents is 1. The molecule has 1 aromatic carbocycles. The van der Waals surface area contributed by atoms with Gasteiger partial charge in [0.15, 0.2) is 0 Å². The molecule has 0 spiro atoms. The highest BCUT2D eigenvalue weighted by molar-refractivity contribution is 7.89. The van der Waals surface area contributed by atoms with E-state index in [1.807, 2.05) is 0 Å². The van der Waals surface area contributed by atoms with E-state index in [-0.39, 0.29) is 29.0 Å². The molecular formula is C18H20N4O5S. The lowest BCUT2D eigenvalue weighted by molar-refractivity contribution is -0.384. The van der Waals surface area contributed by atoms with E-state index in [1.54, 1.807) is 29.4 Å². The Labute approximate surface area is 162 Å². The minimum absolute atomic E-state index is 0.0107. The van der Waals surface area contributed by atoms with Crippen LogP contribution < -0.4 is 4.72 Å². The van der Waals surface area contributed by atoms with E-state index >= 15 is 0 Å². The first-order chi connectivity index (χ1) is 13.4. The third-order valence-electron chi connectivity index (χ3n) is 4.75. The molecular weight excluding hydrogens is 384 g/mol. The first-order valence-electron chi connectivity index (χ1n) is 8.80. The van der Waals surface area contributed by atoms with Crippen LogP contribution in [0.15, 0.2) is 53.7 Å². The number of benzene rings is 1. The zero-order chi connectivity index (χ0) is 20.1. The number of non-ortho nitro benzene ring substituents is 1. The van der Waals surface area contributed by atoms with Gasteiger partial charge in [0.05, 0.1) is 9.82 Å². The highest BCUT2D eigenvalue weighted by Gasteiger charge is 2.25. The van der Waals surface area contributed by atoms with E-state index in [2.05, 4.69) is 9.71 Å². The molecule has 3 rings (SSSR count). The molecule has 1 saturated heterocycles. The smallest absolute Gasteiger partial charge is 0.269 e. The van der Waals surface area contributed by atoms with Crippen LogP contribution in [0.2, 0.25) is 0 Å². The van der Waals surface area contributed by atoms with Crippen molar-refractivity contribution in [1.82, 2.24) is 14.6 Å². The average molecular weight is 404 g/mol. The second kappa shape index (κ2) is 8.44. The molecule has 0 bridgehead atoms. The van der Waals surface area contributed by atoms with Gasteiger partial charge in [0.1, 0.15) is 0 Å². The number of rotatable bonds is 6. The number of nitrogens with one attached hydrogen (secondary N) is 1. The summed E-state index contributed by atoms with van der Waals surface area (Å²) in [5.41, 5.74) is 0.428. The van der Waals surface area contributed by atoms with Crippen LogP contribution in [0, 0.1) is 16.0 Å². The van der Waals surface area contributed by atoms with E-state index in [0.717, 1.165) is 12.1 Å². The van der Waals surface area contributed by atoms with Crippen molar-refractivity contribution in [3.05, 3.63) is 64.5 Å². The molecule has 1 N–H and O–H groups in total. The molecule has 0 aliphatic carbocycles. The Morgan fingerprint density at radius 2 is 1.75 bits per heavy atom. The van der Waals surface area contributed by atoms with Crippen molar-refractivity contribution >= 4 is 21.6 Å². The van der Waals surface area contributed by atoms with Crippen LogP contribution in [-0.4, -0.2) is 48.8 Å². The van der Waals surface area contributed by atoms with Crippen molar-refractivity contribution in [3.8, 4) is 0 Å². The quantitative estimate of drug-likeness (QED) is 0.579. The maximum atomic E-state index is 12.4. The number of aromatic nitrogens is 1. The Bertz CT molecular complexity index is 940. The van der Waals surface area contributed by atoms with Gasteiger partial charge in [-0.25, -0.2) is 13.1 Å². The summed E-state index contributed by atoms with van der Waals surface area (Å²) >= 11 is 0. The second-order valence-corrected chi connectivity index (χ2v) is 8.34. The number of sulfonamides is 1. The first-order valence-corrected chi connectivity index (χ1v) is 10.3. The van der Waals surface area contributed by atoms with E-state index in [1.165, 1.54) is 12.1 Å². The molecule has 1 aromatic heterocycles. The standard InChI is InChI=1S/C18H20N4O5S/c23-18(15-5-9-19-10-6-15)21-11-7-14(8-12-21)13-20-28(26,27)17-3-1-16(2-4-17)22(24)25/h1-6,9-10,14,20H,7-8,11-13H2. The van der Waals surface area contributed by atoms with Crippen molar-refractivity contribution in [2.75, 3.05) is 19.6 Å². The van der Waals surface area contributed by atoms with E-state index < -0.39 is 14.9 Å². The van der Waals surface area contributed by atoms with Gasteiger partial charge in [-0.15, -0.1) is 0 Å². The summed E-state index contributed by atoms with van der Waals surface area (Å²) in [4.78, 5) is 28.2. The molecule has 0 radical (unpaired) electrons. The number of hydrogen-bond donors (Lipinski definition) is 1. The minimum atomic E-state index is -3.74. The number of pyridine rings is 1. The molecule has 10 heteroatoms. The van der Waals surface area contributed by atoms with Gasteiger partial charge >= 0.3 is 0 Å². The van der Waals surface area contributed by atoms with Gasteiger partial charge in [-0.1, -0.05) is 0 Å². The number of amides is 1. The maximum Gasteiger partial charge on any atom is 0.269 e. The molecule has 148 valence electrons. The lowest BCUT2D eigenvalue weighted by atomic mass is 9.97. The van der Waals surface area contributed by atoms with Crippen molar-refractivity contribution in [1.29, 1.82) is 0 Å². The van der Waals surface area contributed by atoms with Crippen LogP contribution in [-0.2, 0) is 10.0 Å². The lowest BCUT2D eigenvalue weighted by Gasteiger charge is -2.32. The number of piperidine rings is 1. The SMILES string of the molecule is O=C(c1ccncc1)N1CCC(CNS(=O)(=O)c2ccc([N+](=O)[O-])cc2)CC1. The van der Waals surface area contributed by atoms with Crippen molar-refractivity contribution in [3.63, 3.8) is 0 Å². The van der Waals surface area contributed by atoms with Crippen LogP contribution in [0.3, 0.4) is 0 Å². The molecule has 1 aliphatic heterocycles. The second-order valence-electron chi connectivity index (χ2n) is 6.57. The van der Waals surface area contributed by atoms with Gasteiger partial charge in [-0.3, -0.25) is 19.9 Å². The van der Waals surface area contributed by atoms with Gasteiger partial charge in [0.25, 0.3) is 11.6 Å². The Morgan fingerprint density at radius 3 is 2.32 bits per heavy atom. The molecule has 0 unspecified atom stereocenters. The van der Waals surface area contributed by atoms with Gasteiger partial charge in [0, 0.05) is 49.7 Å². The fourth-order valence-corrected chi connectivity index (χ4v) is 4.19. The number of nitrogens with zero attached hydrogens (tertiary/aromatic N) is 3. The minimum Gasteiger partial charge on any atom is -0.339 e. The van der Waals surface area contributed by atoms with Crippen LogP contribution in [0.25, 0.3) is 0 Å². The van der Waals surface area contributed by atoms with Crippen molar-refractivity contribution < 1.29 is 18.1 Å². The predicted octanol–water partition coefficient (Wildman–Crippen LogP) is 1.82. The third-order valence-corrected chi connectivity index (χ3v) is 6.19. The highest BCUT2D eigenvalue weighted by atomic mass is 32.2. The Balaban J connectivity index is 1.52. The highest BCUT2D eigenvalue weighted by Crippen LogP contribution is 2.20. The average Bonchev–Trinajstić information content (AvgIpc) is 2.73. The maximum absolute atomic E-state index is 12.4. The van der Waals surface area contributed by atoms with Crippen LogP contribution in [0.4, 0.5) is 5.69 Å². The molecule has 1 aliphatic rings. The summed E-state index contributed by atoms with van der Waals surface area (Å²) < 4.78 is 27.3. The predicted molar refractivity (Wildman–Crippen MR) is 101 cm³/mol. The third kappa shape index (κ3) is 4.70. The molecule has 0 atom stereocenters. The van der Waals surface area contributed by atoms with E-state index in [0.29, 0.717) is 31.5 Å². The molecule has 2 heterocycles. The monoisotopic (exact) mass is 404 g/mol. The van der Waals surface area contributed by atoms with Gasteiger partial charge in [0.2, 0.25) is 10.0 Å². The van der Waals surface area contributed by atoms with E-state index in [9.17, 15) is 23.3 Å². The largest absolute Gasteiger partial charge is 0.339 e.